The van der Waals surface area contributed by atoms with Gasteiger partial charge in [-0.2, -0.15) is 13.2 Å². The molecule has 0 bridgehead atoms. The third-order valence-corrected chi connectivity index (χ3v) is 3.34. The van der Waals surface area contributed by atoms with E-state index in [4.69, 9.17) is 17.3 Å². The largest absolute Gasteiger partial charge is 0.417 e. The van der Waals surface area contributed by atoms with E-state index in [-0.39, 0.29) is 11.1 Å². The fourth-order valence-electron chi connectivity index (χ4n) is 1.84. The molecular formula is C12H13ClF3N. The highest BCUT2D eigenvalue weighted by Crippen LogP contribution is 2.39. The molecule has 1 aliphatic rings. The van der Waals surface area contributed by atoms with Crippen molar-refractivity contribution in [2.75, 3.05) is 0 Å². The Hall–Kier alpha value is -0.740. The monoisotopic (exact) mass is 263 g/mol. The molecule has 1 nitrogen and oxygen atoms in total. The molecular weight excluding hydrogens is 251 g/mol. The topological polar surface area (TPSA) is 26.0 Å². The van der Waals surface area contributed by atoms with E-state index in [2.05, 4.69) is 0 Å². The Morgan fingerprint density at radius 2 is 2.00 bits per heavy atom. The molecule has 0 spiro atoms. The number of hydrogen-bond acceptors (Lipinski definition) is 1. The summed E-state index contributed by atoms with van der Waals surface area (Å²) in [6.45, 7) is 0. The molecule has 1 aromatic carbocycles. The summed E-state index contributed by atoms with van der Waals surface area (Å²) in [5, 5.41) is -0.278. The molecule has 0 aromatic heterocycles. The van der Waals surface area contributed by atoms with Gasteiger partial charge in [0.05, 0.1) is 10.6 Å². The number of rotatable bonds is 3. The SMILES string of the molecule is N[C@@H](CC1CC1)c1ccc(Cl)c(C(F)(F)F)c1. The van der Waals surface area contributed by atoms with Crippen molar-refractivity contribution in [3.05, 3.63) is 34.3 Å². The zero-order chi connectivity index (χ0) is 12.6. The van der Waals surface area contributed by atoms with Crippen LogP contribution in [0.4, 0.5) is 13.2 Å². The van der Waals surface area contributed by atoms with Gasteiger partial charge in [0.25, 0.3) is 0 Å². The fourth-order valence-corrected chi connectivity index (χ4v) is 2.06. The molecule has 17 heavy (non-hydrogen) atoms. The van der Waals surface area contributed by atoms with Gasteiger partial charge in [-0.15, -0.1) is 0 Å². The Morgan fingerprint density at radius 1 is 1.35 bits per heavy atom. The second-order valence-electron chi connectivity index (χ2n) is 4.52. The average Bonchev–Trinajstić information content (AvgIpc) is 3.00. The number of benzene rings is 1. The summed E-state index contributed by atoms with van der Waals surface area (Å²) in [6.07, 6.45) is -1.41. The van der Waals surface area contributed by atoms with E-state index >= 15 is 0 Å². The third kappa shape index (κ3) is 3.13. The van der Waals surface area contributed by atoms with Gasteiger partial charge in [-0.25, -0.2) is 0 Å². The molecule has 1 fully saturated rings. The molecule has 94 valence electrons. The Bertz CT molecular complexity index is 413. The van der Waals surface area contributed by atoms with Crippen LogP contribution in [-0.2, 0) is 6.18 Å². The maximum Gasteiger partial charge on any atom is 0.417 e. The predicted molar refractivity (Wildman–Crippen MR) is 60.7 cm³/mol. The zero-order valence-electron chi connectivity index (χ0n) is 9.10. The fraction of sp³-hybridized carbons (Fsp3) is 0.500. The van der Waals surface area contributed by atoms with Gasteiger partial charge >= 0.3 is 6.18 Å². The Balaban J connectivity index is 2.23. The molecule has 0 aliphatic heterocycles. The minimum Gasteiger partial charge on any atom is -0.324 e. The first kappa shape index (κ1) is 12.7. The third-order valence-electron chi connectivity index (χ3n) is 3.01. The van der Waals surface area contributed by atoms with Crippen LogP contribution in [0.25, 0.3) is 0 Å². The summed E-state index contributed by atoms with van der Waals surface area (Å²) in [5.74, 6) is 0.579. The molecule has 1 atom stereocenters. The summed E-state index contributed by atoms with van der Waals surface area (Å²) in [5.41, 5.74) is 5.59. The lowest BCUT2D eigenvalue weighted by Gasteiger charge is -2.15. The highest BCUT2D eigenvalue weighted by atomic mass is 35.5. The Morgan fingerprint density at radius 3 is 2.53 bits per heavy atom. The Labute approximate surface area is 103 Å². The van der Waals surface area contributed by atoms with Crippen LogP contribution in [0.15, 0.2) is 18.2 Å². The summed E-state index contributed by atoms with van der Waals surface area (Å²) < 4.78 is 37.9. The van der Waals surface area contributed by atoms with Gasteiger partial charge in [-0.3, -0.25) is 0 Å². The van der Waals surface area contributed by atoms with Crippen LogP contribution in [0.5, 0.6) is 0 Å². The summed E-state index contributed by atoms with van der Waals surface area (Å²) >= 11 is 5.54. The highest BCUT2D eigenvalue weighted by molar-refractivity contribution is 6.31. The molecule has 0 amide bonds. The van der Waals surface area contributed by atoms with Gasteiger partial charge in [0.2, 0.25) is 0 Å². The maximum absolute atomic E-state index is 12.6. The van der Waals surface area contributed by atoms with Crippen LogP contribution in [0.3, 0.4) is 0 Å². The number of halogens is 4. The smallest absolute Gasteiger partial charge is 0.324 e. The molecule has 1 saturated carbocycles. The second kappa shape index (κ2) is 4.50. The quantitative estimate of drug-likeness (QED) is 0.871. The van der Waals surface area contributed by atoms with Crippen molar-refractivity contribution >= 4 is 11.6 Å². The molecule has 0 saturated heterocycles. The average molecular weight is 264 g/mol. The van der Waals surface area contributed by atoms with E-state index in [9.17, 15) is 13.2 Å². The van der Waals surface area contributed by atoms with E-state index < -0.39 is 11.7 Å². The van der Waals surface area contributed by atoms with Crippen molar-refractivity contribution in [1.82, 2.24) is 0 Å². The van der Waals surface area contributed by atoms with E-state index in [0.717, 1.165) is 25.3 Å². The first-order valence-electron chi connectivity index (χ1n) is 5.50. The molecule has 0 heterocycles. The van der Waals surface area contributed by atoms with Gasteiger partial charge < -0.3 is 5.73 Å². The number of nitrogens with two attached hydrogens (primary N) is 1. The molecule has 5 heteroatoms. The number of hydrogen-bond donors (Lipinski definition) is 1. The van der Waals surface area contributed by atoms with E-state index in [1.165, 1.54) is 6.07 Å². The van der Waals surface area contributed by atoms with Crippen molar-refractivity contribution in [1.29, 1.82) is 0 Å². The molecule has 1 aliphatic carbocycles. The lowest BCUT2D eigenvalue weighted by atomic mass is 10.00. The first-order valence-corrected chi connectivity index (χ1v) is 5.88. The van der Waals surface area contributed by atoms with Crippen LogP contribution < -0.4 is 5.73 Å². The zero-order valence-corrected chi connectivity index (χ0v) is 9.85. The highest BCUT2D eigenvalue weighted by Gasteiger charge is 2.34. The van der Waals surface area contributed by atoms with E-state index in [1.807, 2.05) is 0 Å². The van der Waals surface area contributed by atoms with Crippen molar-refractivity contribution in [3.63, 3.8) is 0 Å². The van der Waals surface area contributed by atoms with Gasteiger partial charge in [-0.1, -0.05) is 30.5 Å². The van der Waals surface area contributed by atoms with Crippen molar-refractivity contribution in [2.45, 2.75) is 31.5 Å². The normalized spacial score (nSPS) is 18.2. The molecule has 2 N–H and O–H groups in total. The minimum atomic E-state index is -4.42. The van der Waals surface area contributed by atoms with Crippen LogP contribution in [-0.4, -0.2) is 0 Å². The summed E-state index contributed by atoms with van der Waals surface area (Å²) in [4.78, 5) is 0. The van der Waals surface area contributed by atoms with Gasteiger partial charge in [0, 0.05) is 6.04 Å². The van der Waals surface area contributed by atoms with Crippen molar-refractivity contribution in [3.8, 4) is 0 Å². The molecule has 1 aromatic rings. The summed E-state index contributed by atoms with van der Waals surface area (Å²) in [7, 11) is 0. The Kier molecular flexibility index (Phi) is 3.36. The van der Waals surface area contributed by atoms with Crippen molar-refractivity contribution < 1.29 is 13.2 Å². The van der Waals surface area contributed by atoms with Gasteiger partial charge in [0.15, 0.2) is 0 Å². The van der Waals surface area contributed by atoms with Crippen LogP contribution in [0.1, 0.15) is 36.4 Å². The minimum absolute atomic E-state index is 0.278. The molecule has 2 rings (SSSR count). The van der Waals surface area contributed by atoms with Crippen LogP contribution >= 0.6 is 11.6 Å². The lowest BCUT2D eigenvalue weighted by Crippen LogP contribution is -2.13. The first-order chi connectivity index (χ1) is 7.88. The predicted octanol–water partition coefficient (Wildman–Crippen LogP) is 4.16. The standard InChI is InChI=1S/C12H13ClF3N/c13-10-4-3-8(6-9(10)12(14,15)16)11(17)5-7-1-2-7/h3-4,6-7,11H,1-2,5,17H2/t11-/m0/s1. The van der Waals surface area contributed by atoms with Gasteiger partial charge in [0.1, 0.15) is 0 Å². The van der Waals surface area contributed by atoms with E-state index in [0.29, 0.717) is 11.5 Å². The van der Waals surface area contributed by atoms with Crippen LogP contribution in [0.2, 0.25) is 5.02 Å². The van der Waals surface area contributed by atoms with Crippen molar-refractivity contribution in [2.24, 2.45) is 11.7 Å². The van der Waals surface area contributed by atoms with Gasteiger partial charge in [-0.05, 0) is 30.0 Å². The number of alkyl halides is 3. The van der Waals surface area contributed by atoms with E-state index in [1.54, 1.807) is 6.07 Å². The van der Waals surface area contributed by atoms with Crippen LogP contribution in [0, 0.1) is 5.92 Å². The lowest BCUT2D eigenvalue weighted by molar-refractivity contribution is -0.137. The maximum atomic E-state index is 12.6. The molecule has 0 unspecified atom stereocenters. The molecule has 0 radical (unpaired) electrons. The second-order valence-corrected chi connectivity index (χ2v) is 4.93. The summed E-state index contributed by atoms with van der Waals surface area (Å²) in [6, 6.07) is 3.58.